The molecule has 0 saturated carbocycles. The SMILES string of the molecule is CCCCCCCCCCC[C@H](O)[C@@H]1CCC=CO1. The van der Waals surface area contributed by atoms with Gasteiger partial charge in [0.1, 0.15) is 6.10 Å². The van der Waals surface area contributed by atoms with Crippen LogP contribution in [-0.2, 0) is 4.74 Å². The smallest absolute Gasteiger partial charge is 0.124 e. The number of aliphatic hydroxyl groups is 1. The number of ether oxygens (including phenoxy) is 1. The predicted octanol–water partition coefficient (Wildman–Crippen LogP) is 4.96. The first-order valence-corrected chi connectivity index (χ1v) is 8.33. The van der Waals surface area contributed by atoms with Gasteiger partial charge in [0.25, 0.3) is 0 Å². The van der Waals surface area contributed by atoms with Crippen molar-refractivity contribution in [2.24, 2.45) is 0 Å². The van der Waals surface area contributed by atoms with E-state index in [0.29, 0.717) is 0 Å². The predicted molar refractivity (Wildman–Crippen MR) is 81.1 cm³/mol. The Kier molecular flexibility index (Phi) is 9.88. The minimum atomic E-state index is -0.269. The second kappa shape index (κ2) is 11.3. The Morgan fingerprint density at radius 1 is 1.05 bits per heavy atom. The van der Waals surface area contributed by atoms with Crippen LogP contribution in [0.25, 0.3) is 0 Å². The van der Waals surface area contributed by atoms with Crippen LogP contribution in [0.4, 0.5) is 0 Å². The van der Waals surface area contributed by atoms with Gasteiger partial charge in [0.2, 0.25) is 0 Å². The minimum Gasteiger partial charge on any atom is -0.496 e. The number of hydrogen-bond donors (Lipinski definition) is 1. The van der Waals surface area contributed by atoms with Gasteiger partial charge in [0.15, 0.2) is 0 Å². The van der Waals surface area contributed by atoms with Crippen LogP contribution in [0.5, 0.6) is 0 Å². The second-order valence-corrected chi connectivity index (χ2v) is 5.81. The molecule has 0 radical (unpaired) electrons. The Bertz CT molecular complexity index is 225. The zero-order valence-corrected chi connectivity index (χ0v) is 12.7. The van der Waals surface area contributed by atoms with Gasteiger partial charge in [-0.2, -0.15) is 0 Å². The van der Waals surface area contributed by atoms with Crippen molar-refractivity contribution >= 4 is 0 Å². The summed E-state index contributed by atoms with van der Waals surface area (Å²) in [4.78, 5) is 0. The normalized spacial score (nSPS) is 20.2. The van der Waals surface area contributed by atoms with Crippen molar-refractivity contribution < 1.29 is 9.84 Å². The van der Waals surface area contributed by atoms with Gasteiger partial charge in [-0.05, 0) is 25.3 Å². The summed E-state index contributed by atoms with van der Waals surface area (Å²) in [7, 11) is 0. The standard InChI is InChI=1S/C17H32O2/c1-2-3-4-5-6-7-8-9-10-13-16(18)17-14-11-12-15-19-17/h12,15-18H,2-11,13-14H2,1H3/t16-,17-/m0/s1. The Hall–Kier alpha value is -0.500. The summed E-state index contributed by atoms with van der Waals surface area (Å²) in [6, 6.07) is 0. The van der Waals surface area contributed by atoms with E-state index in [9.17, 15) is 5.11 Å². The molecule has 0 aromatic heterocycles. The van der Waals surface area contributed by atoms with E-state index in [1.54, 1.807) is 6.26 Å². The van der Waals surface area contributed by atoms with Crippen LogP contribution in [0.15, 0.2) is 12.3 Å². The van der Waals surface area contributed by atoms with E-state index in [1.165, 1.54) is 51.4 Å². The molecule has 0 unspecified atom stereocenters. The molecule has 0 saturated heterocycles. The van der Waals surface area contributed by atoms with E-state index in [0.717, 1.165) is 25.7 Å². The average Bonchev–Trinajstić information content (AvgIpc) is 2.46. The maximum atomic E-state index is 10.0. The number of rotatable bonds is 11. The Balaban J connectivity index is 1.86. The Morgan fingerprint density at radius 2 is 1.68 bits per heavy atom. The second-order valence-electron chi connectivity index (χ2n) is 5.81. The number of hydrogen-bond acceptors (Lipinski definition) is 2. The van der Waals surface area contributed by atoms with Crippen molar-refractivity contribution in [1.82, 2.24) is 0 Å². The van der Waals surface area contributed by atoms with Gasteiger partial charge >= 0.3 is 0 Å². The summed E-state index contributed by atoms with van der Waals surface area (Å²) in [5.74, 6) is 0. The zero-order chi connectivity index (χ0) is 13.8. The lowest BCUT2D eigenvalue weighted by molar-refractivity contribution is -0.00688. The lowest BCUT2D eigenvalue weighted by Gasteiger charge is -2.24. The molecule has 1 aliphatic rings. The van der Waals surface area contributed by atoms with Crippen molar-refractivity contribution in [1.29, 1.82) is 0 Å². The Labute approximate surface area is 119 Å². The number of allylic oxidation sites excluding steroid dienone is 1. The van der Waals surface area contributed by atoms with Gasteiger partial charge in [0.05, 0.1) is 12.4 Å². The molecule has 1 N–H and O–H groups in total. The largest absolute Gasteiger partial charge is 0.496 e. The summed E-state index contributed by atoms with van der Waals surface area (Å²) < 4.78 is 5.44. The van der Waals surface area contributed by atoms with Crippen LogP contribution in [0.2, 0.25) is 0 Å². The van der Waals surface area contributed by atoms with E-state index in [4.69, 9.17) is 4.74 Å². The molecule has 2 atom stereocenters. The van der Waals surface area contributed by atoms with Crippen LogP contribution < -0.4 is 0 Å². The third-order valence-corrected chi connectivity index (χ3v) is 4.00. The highest BCUT2D eigenvalue weighted by Crippen LogP contribution is 2.18. The molecule has 1 aliphatic heterocycles. The Morgan fingerprint density at radius 3 is 2.26 bits per heavy atom. The molecule has 0 aromatic rings. The van der Waals surface area contributed by atoms with Crippen LogP contribution in [0.1, 0.15) is 84.0 Å². The van der Waals surface area contributed by atoms with Crippen LogP contribution in [0, 0.1) is 0 Å². The first kappa shape index (κ1) is 16.6. The molecule has 0 bridgehead atoms. The molecule has 1 heterocycles. The van der Waals surface area contributed by atoms with Crippen molar-refractivity contribution in [3.63, 3.8) is 0 Å². The molecule has 0 spiro atoms. The molecular weight excluding hydrogens is 236 g/mol. The van der Waals surface area contributed by atoms with Crippen molar-refractivity contribution in [2.45, 2.75) is 96.2 Å². The van der Waals surface area contributed by atoms with Crippen molar-refractivity contribution in [3.05, 3.63) is 12.3 Å². The quantitative estimate of drug-likeness (QED) is 0.537. The summed E-state index contributed by atoms with van der Waals surface area (Å²) in [6.45, 7) is 2.26. The monoisotopic (exact) mass is 268 g/mol. The average molecular weight is 268 g/mol. The topological polar surface area (TPSA) is 29.5 Å². The maximum Gasteiger partial charge on any atom is 0.124 e. The highest BCUT2D eigenvalue weighted by atomic mass is 16.5. The van der Waals surface area contributed by atoms with E-state index in [2.05, 4.69) is 6.92 Å². The molecule has 0 aromatic carbocycles. The van der Waals surface area contributed by atoms with E-state index < -0.39 is 0 Å². The van der Waals surface area contributed by atoms with Gasteiger partial charge < -0.3 is 9.84 Å². The highest BCUT2D eigenvalue weighted by Gasteiger charge is 2.20. The van der Waals surface area contributed by atoms with E-state index >= 15 is 0 Å². The molecular formula is C17H32O2. The van der Waals surface area contributed by atoms with Crippen LogP contribution in [0.3, 0.4) is 0 Å². The van der Waals surface area contributed by atoms with E-state index in [-0.39, 0.29) is 12.2 Å². The summed E-state index contributed by atoms with van der Waals surface area (Å²) in [6.07, 6.45) is 18.4. The molecule has 0 fully saturated rings. The van der Waals surface area contributed by atoms with Crippen LogP contribution in [-0.4, -0.2) is 17.3 Å². The lowest BCUT2D eigenvalue weighted by atomic mass is 10.00. The summed E-state index contributed by atoms with van der Waals surface area (Å²) >= 11 is 0. The van der Waals surface area contributed by atoms with Gasteiger partial charge in [-0.1, -0.05) is 64.7 Å². The van der Waals surface area contributed by atoms with Crippen LogP contribution >= 0.6 is 0 Å². The van der Waals surface area contributed by atoms with Crippen molar-refractivity contribution in [2.75, 3.05) is 0 Å². The van der Waals surface area contributed by atoms with Gasteiger partial charge in [-0.25, -0.2) is 0 Å². The molecule has 0 amide bonds. The molecule has 2 nitrogen and oxygen atoms in total. The van der Waals surface area contributed by atoms with Gasteiger partial charge in [-0.3, -0.25) is 0 Å². The first-order valence-electron chi connectivity index (χ1n) is 8.33. The first-order chi connectivity index (χ1) is 9.34. The fourth-order valence-corrected chi connectivity index (χ4v) is 2.69. The van der Waals surface area contributed by atoms with E-state index in [1.807, 2.05) is 6.08 Å². The summed E-state index contributed by atoms with van der Waals surface area (Å²) in [5, 5.41) is 10.0. The zero-order valence-electron chi connectivity index (χ0n) is 12.7. The van der Waals surface area contributed by atoms with Crippen molar-refractivity contribution in [3.8, 4) is 0 Å². The minimum absolute atomic E-state index is 0.0408. The van der Waals surface area contributed by atoms with Gasteiger partial charge in [0, 0.05) is 0 Å². The fourth-order valence-electron chi connectivity index (χ4n) is 2.69. The molecule has 19 heavy (non-hydrogen) atoms. The van der Waals surface area contributed by atoms with Gasteiger partial charge in [-0.15, -0.1) is 0 Å². The lowest BCUT2D eigenvalue weighted by Crippen LogP contribution is -2.28. The highest BCUT2D eigenvalue weighted by molar-refractivity contribution is 4.85. The third-order valence-electron chi connectivity index (χ3n) is 4.00. The molecule has 2 heteroatoms. The number of aliphatic hydroxyl groups excluding tert-OH is 1. The summed E-state index contributed by atoms with van der Waals surface area (Å²) in [5.41, 5.74) is 0. The molecule has 0 aliphatic carbocycles. The maximum absolute atomic E-state index is 10.0. The molecule has 1 rings (SSSR count). The number of unbranched alkanes of at least 4 members (excludes halogenated alkanes) is 8. The fraction of sp³-hybridized carbons (Fsp3) is 0.882. The third kappa shape index (κ3) is 8.30. The molecule has 112 valence electrons.